The summed E-state index contributed by atoms with van der Waals surface area (Å²) in [4.78, 5) is 0. The maximum absolute atomic E-state index is 6.27. The Morgan fingerprint density at radius 3 is 2.25 bits per heavy atom. The van der Waals surface area contributed by atoms with Crippen LogP contribution in [0.25, 0.3) is 0 Å². The summed E-state index contributed by atoms with van der Waals surface area (Å²) in [5.41, 5.74) is 3.29. The van der Waals surface area contributed by atoms with Gasteiger partial charge in [-0.3, -0.25) is 0 Å². The molecular formula is C17H17Cl3. The fraction of sp³-hybridized carbons (Fsp3) is 0.294. The molecule has 0 amide bonds. The van der Waals surface area contributed by atoms with E-state index in [2.05, 4.69) is 31.2 Å². The van der Waals surface area contributed by atoms with Gasteiger partial charge in [0.05, 0.1) is 0 Å². The average Bonchev–Trinajstić information content (AvgIpc) is 2.45. The zero-order valence-electron chi connectivity index (χ0n) is 11.4. The van der Waals surface area contributed by atoms with Gasteiger partial charge in [0.15, 0.2) is 0 Å². The highest BCUT2D eigenvalue weighted by Gasteiger charge is 2.31. The zero-order valence-corrected chi connectivity index (χ0v) is 13.6. The van der Waals surface area contributed by atoms with Gasteiger partial charge in [0.25, 0.3) is 0 Å². The molecule has 2 aromatic rings. The minimum atomic E-state index is -0.290. The summed E-state index contributed by atoms with van der Waals surface area (Å²) in [6, 6.07) is 16.3. The third kappa shape index (κ3) is 3.49. The van der Waals surface area contributed by atoms with E-state index in [-0.39, 0.29) is 5.41 Å². The van der Waals surface area contributed by atoms with Crippen LogP contribution in [0.15, 0.2) is 48.5 Å². The fourth-order valence-electron chi connectivity index (χ4n) is 2.42. The number of hydrogen-bond acceptors (Lipinski definition) is 0. The third-order valence-electron chi connectivity index (χ3n) is 3.57. The topological polar surface area (TPSA) is 0 Å². The lowest BCUT2D eigenvalue weighted by Crippen LogP contribution is -2.33. The first-order valence-corrected chi connectivity index (χ1v) is 7.98. The van der Waals surface area contributed by atoms with Crippen LogP contribution in [0.4, 0.5) is 0 Å². The van der Waals surface area contributed by atoms with Gasteiger partial charge >= 0.3 is 0 Å². The Morgan fingerprint density at radius 2 is 1.65 bits per heavy atom. The molecule has 0 saturated carbocycles. The van der Waals surface area contributed by atoms with Crippen molar-refractivity contribution in [2.24, 2.45) is 0 Å². The van der Waals surface area contributed by atoms with Crippen molar-refractivity contribution in [3.8, 4) is 0 Å². The predicted molar refractivity (Wildman–Crippen MR) is 89.5 cm³/mol. The first kappa shape index (κ1) is 15.7. The van der Waals surface area contributed by atoms with Gasteiger partial charge in [0.1, 0.15) is 0 Å². The van der Waals surface area contributed by atoms with Crippen LogP contribution in [0.1, 0.15) is 16.7 Å². The molecule has 3 heteroatoms. The molecule has 0 atom stereocenters. The Balaban J connectivity index is 2.39. The van der Waals surface area contributed by atoms with E-state index in [0.29, 0.717) is 16.8 Å². The van der Waals surface area contributed by atoms with E-state index < -0.39 is 0 Å². The summed E-state index contributed by atoms with van der Waals surface area (Å²) in [6.07, 6.45) is 0.808. The molecule has 0 spiro atoms. The lowest BCUT2D eigenvalue weighted by atomic mass is 9.78. The molecule has 20 heavy (non-hydrogen) atoms. The second-order valence-electron chi connectivity index (χ2n) is 5.22. The Hall–Kier alpha value is -0.690. The number of rotatable bonds is 5. The Labute approximate surface area is 135 Å². The number of alkyl halides is 2. The fourth-order valence-corrected chi connectivity index (χ4v) is 3.39. The predicted octanol–water partition coefficient (Wildman–Crippen LogP) is 5.61. The van der Waals surface area contributed by atoms with E-state index in [9.17, 15) is 0 Å². The van der Waals surface area contributed by atoms with Crippen molar-refractivity contribution in [2.45, 2.75) is 18.8 Å². The minimum Gasteiger partial charge on any atom is -0.126 e. The van der Waals surface area contributed by atoms with Crippen LogP contribution >= 0.6 is 34.8 Å². The molecule has 0 nitrogen and oxygen atoms in total. The second-order valence-corrected chi connectivity index (χ2v) is 6.19. The first-order chi connectivity index (χ1) is 9.59. The summed E-state index contributed by atoms with van der Waals surface area (Å²) in [6.45, 7) is 2.09. The van der Waals surface area contributed by atoms with Crippen LogP contribution in [-0.4, -0.2) is 11.8 Å². The van der Waals surface area contributed by atoms with Crippen LogP contribution in [0.5, 0.6) is 0 Å². The lowest BCUT2D eigenvalue weighted by Gasteiger charge is -2.30. The standard InChI is InChI=1S/C17H17Cl3/c1-13-4-2-5-14(8-13)10-17(11-18,12-19)15-6-3-7-16(20)9-15/h2-9H,10-12H2,1H3. The molecule has 0 aromatic heterocycles. The van der Waals surface area contributed by atoms with Gasteiger partial charge < -0.3 is 0 Å². The largest absolute Gasteiger partial charge is 0.126 e. The van der Waals surface area contributed by atoms with Crippen molar-refractivity contribution in [1.29, 1.82) is 0 Å². The molecule has 0 fully saturated rings. The molecule has 0 bridgehead atoms. The normalized spacial score (nSPS) is 11.6. The number of hydrogen-bond donors (Lipinski definition) is 0. The number of halogens is 3. The van der Waals surface area contributed by atoms with E-state index in [1.807, 2.05) is 24.3 Å². The van der Waals surface area contributed by atoms with Gasteiger partial charge in [-0.2, -0.15) is 0 Å². The van der Waals surface area contributed by atoms with Crippen molar-refractivity contribution in [1.82, 2.24) is 0 Å². The van der Waals surface area contributed by atoms with Crippen molar-refractivity contribution >= 4 is 34.8 Å². The SMILES string of the molecule is Cc1cccc(CC(CCl)(CCl)c2cccc(Cl)c2)c1. The Morgan fingerprint density at radius 1 is 0.950 bits per heavy atom. The summed E-state index contributed by atoms with van der Waals surface area (Å²) < 4.78 is 0. The van der Waals surface area contributed by atoms with Crippen molar-refractivity contribution in [3.05, 3.63) is 70.2 Å². The Kier molecular flexibility index (Phi) is 5.37. The molecule has 0 N–H and O–H groups in total. The lowest BCUT2D eigenvalue weighted by molar-refractivity contribution is 0.536. The van der Waals surface area contributed by atoms with Gasteiger partial charge in [-0.25, -0.2) is 0 Å². The molecule has 0 unspecified atom stereocenters. The molecule has 0 aliphatic heterocycles. The van der Waals surface area contributed by atoms with E-state index >= 15 is 0 Å². The minimum absolute atomic E-state index is 0.290. The van der Waals surface area contributed by atoms with E-state index in [4.69, 9.17) is 34.8 Å². The summed E-state index contributed by atoms with van der Waals surface area (Å²) in [5.74, 6) is 0.926. The maximum atomic E-state index is 6.27. The van der Waals surface area contributed by atoms with Crippen LogP contribution in [0.2, 0.25) is 5.02 Å². The highest BCUT2D eigenvalue weighted by atomic mass is 35.5. The molecule has 2 rings (SSSR count). The maximum Gasteiger partial charge on any atom is 0.0408 e. The quantitative estimate of drug-likeness (QED) is 0.626. The number of benzene rings is 2. The monoisotopic (exact) mass is 326 g/mol. The smallest absolute Gasteiger partial charge is 0.0408 e. The van der Waals surface area contributed by atoms with Gasteiger partial charge in [-0.05, 0) is 36.6 Å². The van der Waals surface area contributed by atoms with Gasteiger partial charge in [0, 0.05) is 22.2 Å². The van der Waals surface area contributed by atoms with Gasteiger partial charge in [-0.15, -0.1) is 23.2 Å². The van der Waals surface area contributed by atoms with Crippen LogP contribution in [-0.2, 0) is 11.8 Å². The molecule has 0 saturated heterocycles. The second kappa shape index (κ2) is 6.85. The van der Waals surface area contributed by atoms with Crippen molar-refractivity contribution < 1.29 is 0 Å². The molecule has 0 aliphatic carbocycles. The van der Waals surface area contributed by atoms with Crippen LogP contribution < -0.4 is 0 Å². The molecule has 0 aliphatic rings. The van der Waals surface area contributed by atoms with Crippen LogP contribution in [0, 0.1) is 6.92 Å². The molecule has 106 valence electrons. The van der Waals surface area contributed by atoms with E-state index in [1.165, 1.54) is 11.1 Å². The van der Waals surface area contributed by atoms with E-state index in [1.54, 1.807) is 0 Å². The van der Waals surface area contributed by atoms with Gasteiger partial charge in [-0.1, -0.05) is 53.6 Å². The molecule has 0 radical (unpaired) electrons. The molecule has 2 aromatic carbocycles. The third-order valence-corrected chi connectivity index (χ3v) is 4.83. The summed E-state index contributed by atoms with van der Waals surface area (Å²) in [7, 11) is 0. The summed E-state index contributed by atoms with van der Waals surface area (Å²) >= 11 is 18.7. The van der Waals surface area contributed by atoms with E-state index in [0.717, 1.165) is 12.0 Å². The zero-order chi connectivity index (χ0) is 14.6. The number of aryl methyl sites for hydroxylation is 1. The highest BCUT2D eigenvalue weighted by Crippen LogP contribution is 2.33. The average molecular weight is 328 g/mol. The van der Waals surface area contributed by atoms with Crippen molar-refractivity contribution in [2.75, 3.05) is 11.8 Å². The Bertz CT molecular complexity index is 574. The van der Waals surface area contributed by atoms with Crippen LogP contribution in [0.3, 0.4) is 0 Å². The first-order valence-electron chi connectivity index (χ1n) is 6.53. The molecule has 0 heterocycles. The molecular weight excluding hydrogens is 311 g/mol. The summed E-state index contributed by atoms with van der Waals surface area (Å²) in [5, 5.41) is 0.714. The highest BCUT2D eigenvalue weighted by molar-refractivity contribution is 6.30. The van der Waals surface area contributed by atoms with Crippen molar-refractivity contribution in [3.63, 3.8) is 0 Å². The van der Waals surface area contributed by atoms with Gasteiger partial charge in [0.2, 0.25) is 0 Å².